The maximum atomic E-state index is 5.99. The summed E-state index contributed by atoms with van der Waals surface area (Å²) in [5.74, 6) is 1.39. The maximum Gasteiger partial charge on any atom is 0.185 e. The van der Waals surface area contributed by atoms with Gasteiger partial charge in [0.25, 0.3) is 0 Å². The second-order valence-electron chi connectivity index (χ2n) is 6.68. The number of para-hydroxylation sites is 1. The Morgan fingerprint density at radius 3 is 2.57 bits per heavy atom. The molecule has 0 amide bonds. The Balaban J connectivity index is 1.39. The van der Waals surface area contributed by atoms with Crippen LogP contribution in [0.1, 0.15) is 11.1 Å². The largest absolute Gasteiger partial charge is 0.488 e. The van der Waals surface area contributed by atoms with Gasteiger partial charge in [0.15, 0.2) is 11.5 Å². The molecule has 0 saturated carbocycles. The molecule has 0 saturated heterocycles. The van der Waals surface area contributed by atoms with Crippen molar-refractivity contribution in [3.63, 3.8) is 0 Å². The van der Waals surface area contributed by atoms with E-state index in [1.165, 1.54) is 0 Å². The molecule has 30 heavy (non-hydrogen) atoms. The van der Waals surface area contributed by atoms with Crippen molar-refractivity contribution < 1.29 is 4.74 Å². The highest BCUT2D eigenvalue weighted by molar-refractivity contribution is 6.00. The molecule has 2 heterocycles. The molecule has 0 radical (unpaired) electrons. The number of hydrogen-bond acceptors (Lipinski definition) is 6. The summed E-state index contributed by atoms with van der Waals surface area (Å²) in [6, 6.07) is 25.7. The lowest BCUT2D eigenvalue weighted by Crippen LogP contribution is -2.01. The molecule has 0 spiro atoms. The topological polar surface area (TPSA) is 76.7 Å². The first kappa shape index (κ1) is 17.8. The number of aromatic nitrogens is 4. The first-order valence-corrected chi connectivity index (χ1v) is 9.52. The highest BCUT2D eigenvalue weighted by atomic mass is 16.5. The molecule has 0 aliphatic carbocycles. The van der Waals surface area contributed by atoms with Gasteiger partial charge in [-0.15, -0.1) is 15.3 Å². The van der Waals surface area contributed by atoms with Gasteiger partial charge in [-0.3, -0.25) is 5.43 Å². The number of benzene rings is 3. The molecule has 7 heteroatoms. The molecule has 0 atom stereocenters. The smallest absolute Gasteiger partial charge is 0.185 e. The number of nitrogens with one attached hydrogen (secondary N) is 1. The summed E-state index contributed by atoms with van der Waals surface area (Å²) in [6.45, 7) is 0.496. The normalized spacial score (nSPS) is 11.3. The third-order valence-electron chi connectivity index (χ3n) is 4.69. The van der Waals surface area contributed by atoms with E-state index in [9.17, 15) is 0 Å². The molecule has 1 N–H and O–H groups in total. The lowest BCUT2D eigenvalue weighted by atomic mass is 10.2. The third-order valence-corrected chi connectivity index (χ3v) is 4.69. The summed E-state index contributed by atoms with van der Waals surface area (Å²) < 4.78 is 7.62. The van der Waals surface area contributed by atoms with Crippen LogP contribution < -0.4 is 10.2 Å². The van der Waals surface area contributed by atoms with Crippen LogP contribution in [0.25, 0.3) is 16.4 Å². The Hall–Kier alpha value is -4.26. The summed E-state index contributed by atoms with van der Waals surface area (Å²) in [6.07, 6.45) is 3.30. The quantitative estimate of drug-likeness (QED) is 0.343. The standard InChI is InChI=1S/C23H18N6O/c1-2-8-17(9-3-1)15-30-21-13-7-4-10-18(21)14-24-26-22-19-11-5-6-12-20(19)23-27-25-16-29(23)28-22/h1-14,16H,15H2,(H,26,28)/b24-14-. The number of nitrogens with zero attached hydrogens (tertiary/aromatic N) is 5. The maximum absolute atomic E-state index is 5.99. The number of anilines is 1. The van der Waals surface area contributed by atoms with E-state index in [0.717, 1.165) is 27.6 Å². The van der Waals surface area contributed by atoms with E-state index < -0.39 is 0 Å². The van der Waals surface area contributed by atoms with Crippen LogP contribution in [-0.2, 0) is 6.61 Å². The second-order valence-corrected chi connectivity index (χ2v) is 6.68. The third kappa shape index (κ3) is 3.56. The second kappa shape index (κ2) is 8.00. The van der Waals surface area contributed by atoms with E-state index in [1.54, 1.807) is 17.1 Å². The van der Waals surface area contributed by atoms with Gasteiger partial charge < -0.3 is 4.74 Å². The van der Waals surface area contributed by atoms with Crippen LogP contribution in [0.4, 0.5) is 5.82 Å². The number of fused-ring (bicyclic) bond motifs is 3. The van der Waals surface area contributed by atoms with Crippen LogP contribution >= 0.6 is 0 Å². The Kier molecular flexibility index (Phi) is 4.75. The number of rotatable bonds is 6. The molecule has 5 rings (SSSR count). The predicted octanol–water partition coefficient (Wildman–Crippen LogP) is 4.30. The molecule has 0 aliphatic heterocycles. The Labute approximate surface area is 172 Å². The van der Waals surface area contributed by atoms with Crippen LogP contribution in [0, 0.1) is 0 Å². The summed E-state index contributed by atoms with van der Waals surface area (Å²) in [5.41, 5.74) is 5.74. The van der Waals surface area contributed by atoms with Gasteiger partial charge in [-0.1, -0.05) is 66.7 Å². The van der Waals surface area contributed by atoms with Crippen molar-refractivity contribution >= 4 is 28.5 Å². The summed E-state index contributed by atoms with van der Waals surface area (Å²) in [4.78, 5) is 0. The zero-order valence-corrected chi connectivity index (χ0v) is 16.0. The molecule has 0 fully saturated rings. The van der Waals surface area contributed by atoms with E-state index in [1.807, 2.05) is 78.9 Å². The minimum Gasteiger partial charge on any atom is -0.488 e. The average Bonchev–Trinajstić information content (AvgIpc) is 3.28. The van der Waals surface area contributed by atoms with Crippen molar-refractivity contribution in [1.29, 1.82) is 0 Å². The van der Waals surface area contributed by atoms with E-state index >= 15 is 0 Å². The van der Waals surface area contributed by atoms with Gasteiger partial charge in [-0.25, -0.2) is 0 Å². The Morgan fingerprint density at radius 1 is 0.900 bits per heavy atom. The monoisotopic (exact) mass is 394 g/mol. The van der Waals surface area contributed by atoms with Crippen molar-refractivity contribution in [2.24, 2.45) is 5.10 Å². The molecule has 7 nitrogen and oxygen atoms in total. The van der Waals surface area contributed by atoms with Gasteiger partial charge in [0.1, 0.15) is 18.7 Å². The van der Waals surface area contributed by atoms with Gasteiger partial charge in [0.2, 0.25) is 0 Å². The minimum atomic E-state index is 0.496. The zero-order chi connectivity index (χ0) is 20.2. The van der Waals surface area contributed by atoms with Gasteiger partial charge >= 0.3 is 0 Å². The first-order chi connectivity index (χ1) is 14.9. The molecular weight excluding hydrogens is 376 g/mol. The van der Waals surface area contributed by atoms with E-state index in [4.69, 9.17) is 4.74 Å². The fourth-order valence-corrected chi connectivity index (χ4v) is 3.23. The first-order valence-electron chi connectivity index (χ1n) is 9.52. The fraction of sp³-hybridized carbons (Fsp3) is 0.0435. The average molecular weight is 394 g/mol. The minimum absolute atomic E-state index is 0.496. The molecule has 5 aromatic rings. The van der Waals surface area contributed by atoms with E-state index in [2.05, 4.69) is 25.8 Å². The van der Waals surface area contributed by atoms with Gasteiger partial charge in [0.05, 0.1) is 6.21 Å². The van der Waals surface area contributed by atoms with Crippen LogP contribution in [0.15, 0.2) is 90.3 Å². The van der Waals surface area contributed by atoms with E-state index in [-0.39, 0.29) is 0 Å². The van der Waals surface area contributed by atoms with Crippen molar-refractivity contribution in [1.82, 2.24) is 19.8 Å². The van der Waals surface area contributed by atoms with Crippen molar-refractivity contribution in [3.05, 3.63) is 96.3 Å². The summed E-state index contributed by atoms with van der Waals surface area (Å²) >= 11 is 0. The molecule has 0 unspecified atom stereocenters. The number of ether oxygens (including phenoxy) is 1. The number of hydrogen-bond donors (Lipinski definition) is 1. The fourth-order valence-electron chi connectivity index (χ4n) is 3.23. The molecule has 146 valence electrons. The van der Waals surface area contributed by atoms with Crippen molar-refractivity contribution in [3.8, 4) is 5.75 Å². The highest BCUT2D eigenvalue weighted by Crippen LogP contribution is 2.24. The molecular formula is C23H18N6O. The predicted molar refractivity (Wildman–Crippen MR) is 117 cm³/mol. The summed E-state index contributed by atoms with van der Waals surface area (Å²) in [5, 5.41) is 18.9. The SMILES string of the molecule is C(=N/Nc1nn2cnnc2c2ccccc12)/c1ccccc1OCc1ccccc1. The van der Waals surface area contributed by atoms with Crippen LogP contribution in [0.3, 0.4) is 0 Å². The van der Waals surface area contributed by atoms with Gasteiger partial charge in [0, 0.05) is 16.3 Å². The number of hydrazone groups is 1. The Bertz CT molecular complexity index is 1330. The molecule has 3 aromatic carbocycles. The van der Waals surface area contributed by atoms with Crippen LogP contribution in [0.2, 0.25) is 0 Å². The lowest BCUT2D eigenvalue weighted by molar-refractivity contribution is 0.306. The molecule has 2 aromatic heterocycles. The van der Waals surface area contributed by atoms with Gasteiger partial charge in [-0.05, 0) is 17.7 Å². The van der Waals surface area contributed by atoms with E-state index in [0.29, 0.717) is 18.1 Å². The van der Waals surface area contributed by atoms with Crippen LogP contribution in [0.5, 0.6) is 5.75 Å². The van der Waals surface area contributed by atoms with Crippen molar-refractivity contribution in [2.75, 3.05) is 5.43 Å². The van der Waals surface area contributed by atoms with Gasteiger partial charge in [-0.2, -0.15) is 9.62 Å². The van der Waals surface area contributed by atoms with Crippen LogP contribution in [-0.4, -0.2) is 26.0 Å². The molecule has 0 aliphatic rings. The van der Waals surface area contributed by atoms with Crippen molar-refractivity contribution in [2.45, 2.75) is 6.61 Å². The summed E-state index contributed by atoms with van der Waals surface area (Å²) in [7, 11) is 0. The molecule has 0 bridgehead atoms. The highest BCUT2D eigenvalue weighted by Gasteiger charge is 2.09. The Morgan fingerprint density at radius 2 is 1.67 bits per heavy atom. The lowest BCUT2D eigenvalue weighted by Gasteiger charge is -2.09. The zero-order valence-electron chi connectivity index (χ0n) is 16.0.